The van der Waals surface area contributed by atoms with Crippen molar-refractivity contribution in [3.05, 3.63) is 34.1 Å². The standard InChI is InChI=1S/C13H19BrFNO/c1-4-16-13(9(2)17-3)7-10-5-6-11(15)8-12(10)14/h5-6,8-9,13,16H,4,7H2,1-3H3. The number of methoxy groups -OCH3 is 1. The molecule has 0 aliphatic heterocycles. The lowest BCUT2D eigenvalue weighted by molar-refractivity contribution is 0.0836. The van der Waals surface area contributed by atoms with Gasteiger partial charge in [-0.25, -0.2) is 4.39 Å². The molecule has 0 heterocycles. The smallest absolute Gasteiger partial charge is 0.124 e. The van der Waals surface area contributed by atoms with Crippen molar-refractivity contribution in [1.29, 1.82) is 0 Å². The molecule has 1 aromatic rings. The first kappa shape index (κ1) is 14.6. The van der Waals surface area contributed by atoms with Gasteiger partial charge in [-0.2, -0.15) is 0 Å². The molecule has 0 fully saturated rings. The van der Waals surface area contributed by atoms with Gasteiger partial charge in [-0.05, 0) is 37.6 Å². The maximum absolute atomic E-state index is 13.0. The third-order valence-corrected chi connectivity index (χ3v) is 3.60. The van der Waals surface area contributed by atoms with Crippen molar-refractivity contribution in [1.82, 2.24) is 5.32 Å². The van der Waals surface area contributed by atoms with Gasteiger partial charge < -0.3 is 10.1 Å². The van der Waals surface area contributed by atoms with E-state index < -0.39 is 0 Å². The van der Waals surface area contributed by atoms with Crippen LogP contribution in [0, 0.1) is 5.82 Å². The van der Waals surface area contributed by atoms with E-state index in [-0.39, 0.29) is 18.0 Å². The summed E-state index contributed by atoms with van der Waals surface area (Å²) in [5, 5.41) is 3.38. The normalized spacial score (nSPS) is 14.6. The molecule has 1 N–H and O–H groups in total. The third-order valence-electron chi connectivity index (χ3n) is 2.86. The van der Waals surface area contributed by atoms with Crippen molar-refractivity contribution in [2.45, 2.75) is 32.4 Å². The molecule has 0 aromatic heterocycles. The monoisotopic (exact) mass is 303 g/mol. The highest BCUT2D eigenvalue weighted by Gasteiger charge is 2.17. The molecule has 0 spiro atoms. The first-order chi connectivity index (χ1) is 8.08. The van der Waals surface area contributed by atoms with Crippen molar-refractivity contribution < 1.29 is 9.13 Å². The number of benzene rings is 1. The lowest BCUT2D eigenvalue weighted by Crippen LogP contribution is -2.41. The zero-order valence-corrected chi connectivity index (χ0v) is 12.1. The van der Waals surface area contributed by atoms with E-state index in [9.17, 15) is 4.39 Å². The van der Waals surface area contributed by atoms with Crippen LogP contribution in [0.1, 0.15) is 19.4 Å². The summed E-state index contributed by atoms with van der Waals surface area (Å²) < 4.78 is 19.1. The van der Waals surface area contributed by atoms with Crippen LogP contribution in [0.5, 0.6) is 0 Å². The van der Waals surface area contributed by atoms with Crippen LogP contribution in [0.25, 0.3) is 0 Å². The number of hydrogen-bond donors (Lipinski definition) is 1. The Bertz CT molecular complexity index is 359. The minimum atomic E-state index is -0.222. The molecule has 2 atom stereocenters. The fourth-order valence-electron chi connectivity index (χ4n) is 1.75. The molecule has 0 amide bonds. The summed E-state index contributed by atoms with van der Waals surface area (Å²) in [6, 6.07) is 5.02. The number of halogens is 2. The van der Waals surface area contributed by atoms with Crippen LogP contribution in [-0.4, -0.2) is 25.8 Å². The zero-order valence-electron chi connectivity index (χ0n) is 10.5. The quantitative estimate of drug-likeness (QED) is 0.872. The van der Waals surface area contributed by atoms with Crippen molar-refractivity contribution in [2.75, 3.05) is 13.7 Å². The first-order valence-electron chi connectivity index (χ1n) is 5.78. The highest BCUT2D eigenvalue weighted by molar-refractivity contribution is 9.10. The summed E-state index contributed by atoms with van der Waals surface area (Å²) in [7, 11) is 1.70. The Kier molecular flexibility index (Phi) is 6.09. The molecule has 0 saturated carbocycles. The van der Waals surface area contributed by atoms with Gasteiger partial charge in [0, 0.05) is 17.6 Å². The van der Waals surface area contributed by atoms with Crippen LogP contribution >= 0.6 is 15.9 Å². The molecule has 1 aromatic carbocycles. The summed E-state index contributed by atoms with van der Waals surface area (Å²) in [6.45, 7) is 4.98. The Morgan fingerprint density at radius 3 is 2.71 bits per heavy atom. The molecule has 1 rings (SSSR count). The van der Waals surface area contributed by atoms with Crippen molar-refractivity contribution in [3.8, 4) is 0 Å². The largest absolute Gasteiger partial charge is 0.380 e. The van der Waals surface area contributed by atoms with E-state index in [1.54, 1.807) is 7.11 Å². The molecular weight excluding hydrogens is 285 g/mol. The number of rotatable bonds is 6. The van der Waals surface area contributed by atoms with Crippen molar-refractivity contribution in [2.24, 2.45) is 0 Å². The highest BCUT2D eigenvalue weighted by atomic mass is 79.9. The predicted octanol–water partition coefficient (Wildman–Crippen LogP) is 3.14. The van der Waals surface area contributed by atoms with Gasteiger partial charge in [-0.15, -0.1) is 0 Å². The molecular formula is C13H19BrFNO. The molecule has 0 bridgehead atoms. The summed E-state index contributed by atoms with van der Waals surface area (Å²) in [5.41, 5.74) is 1.08. The molecule has 2 unspecified atom stereocenters. The van der Waals surface area contributed by atoms with E-state index in [0.29, 0.717) is 0 Å². The van der Waals surface area contributed by atoms with E-state index in [0.717, 1.165) is 23.0 Å². The predicted molar refractivity (Wildman–Crippen MR) is 71.7 cm³/mol. The average molecular weight is 304 g/mol. The lowest BCUT2D eigenvalue weighted by Gasteiger charge is -2.24. The molecule has 17 heavy (non-hydrogen) atoms. The maximum Gasteiger partial charge on any atom is 0.124 e. The maximum atomic E-state index is 13.0. The van der Waals surface area contributed by atoms with E-state index in [2.05, 4.69) is 28.2 Å². The molecule has 2 nitrogen and oxygen atoms in total. The van der Waals surface area contributed by atoms with E-state index in [4.69, 9.17) is 4.74 Å². The summed E-state index contributed by atoms with van der Waals surface area (Å²) >= 11 is 3.39. The van der Waals surface area contributed by atoms with Crippen LogP contribution in [0.3, 0.4) is 0 Å². The van der Waals surface area contributed by atoms with E-state index >= 15 is 0 Å². The SMILES string of the molecule is CCNC(Cc1ccc(F)cc1Br)C(C)OC. The first-order valence-corrected chi connectivity index (χ1v) is 6.57. The fraction of sp³-hybridized carbons (Fsp3) is 0.538. The molecule has 4 heteroatoms. The van der Waals surface area contributed by atoms with E-state index in [1.165, 1.54) is 12.1 Å². The van der Waals surface area contributed by atoms with Gasteiger partial charge in [0.1, 0.15) is 5.82 Å². The van der Waals surface area contributed by atoms with Crippen molar-refractivity contribution in [3.63, 3.8) is 0 Å². The molecule has 0 saturated heterocycles. The highest BCUT2D eigenvalue weighted by Crippen LogP contribution is 2.20. The Labute approximate surface area is 111 Å². The van der Waals surface area contributed by atoms with Crippen LogP contribution in [0.2, 0.25) is 0 Å². The molecule has 0 aliphatic rings. The number of ether oxygens (including phenoxy) is 1. The van der Waals surface area contributed by atoms with Gasteiger partial charge in [0.05, 0.1) is 6.10 Å². The average Bonchev–Trinajstić information content (AvgIpc) is 2.30. The summed E-state index contributed by atoms with van der Waals surface area (Å²) in [5.74, 6) is -0.222. The number of nitrogens with one attached hydrogen (secondary N) is 1. The van der Waals surface area contributed by atoms with Gasteiger partial charge in [-0.3, -0.25) is 0 Å². The zero-order chi connectivity index (χ0) is 12.8. The van der Waals surface area contributed by atoms with Gasteiger partial charge in [0.15, 0.2) is 0 Å². The second-order valence-corrected chi connectivity index (χ2v) is 4.90. The topological polar surface area (TPSA) is 21.3 Å². The third kappa shape index (κ3) is 4.37. The van der Waals surface area contributed by atoms with E-state index in [1.807, 2.05) is 13.0 Å². The van der Waals surface area contributed by atoms with Gasteiger partial charge in [0.25, 0.3) is 0 Å². The number of hydrogen-bond acceptors (Lipinski definition) is 2. The fourth-order valence-corrected chi connectivity index (χ4v) is 2.27. The van der Waals surface area contributed by atoms with Crippen LogP contribution in [0.4, 0.5) is 4.39 Å². The Balaban J connectivity index is 2.78. The number of likely N-dealkylation sites (N-methyl/N-ethyl adjacent to an activating group) is 1. The van der Waals surface area contributed by atoms with Crippen LogP contribution < -0.4 is 5.32 Å². The second kappa shape index (κ2) is 7.09. The summed E-state index contributed by atoms with van der Waals surface area (Å²) in [4.78, 5) is 0. The minimum absolute atomic E-state index is 0.118. The van der Waals surface area contributed by atoms with Crippen molar-refractivity contribution >= 4 is 15.9 Å². The Morgan fingerprint density at radius 2 is 2.18 bits per heavy atom. The molecule has 0 radical (unpaired) electrons. The molecule has 96 valence electrons. The van der Waals surface area contributed by atoms with Gasteiger partial charge in [-0.1, -0.05) is 28.9 Å². The van der Waals surface area contributed by atoms with Crippen LogP contribution in [-0.2, 0) is 11.2 Å². The summed E-state index contributed by atoms with van der Waals surface area (Å²) in [6.07, 6.45) is 0.927. The lowest BCUT2D eigenvalue weighted by atomic mass is 10.0. The second-order valence-electron chi connectivity index (χ2n) is 4.04. The Morgan fingerprint density at radius 1 is 1.47 bits per heavy atom. The van der Waals surface area contributed by atoms with Crippen LogP contribution in [0.15, 0.2) is 22.7 Å². The Hall–Kier alpha value is -0.450. The van der Waals surface area contributed by atoms with Gasteiger partial charge >= 0.3 is 0 Å². The molecule has 0 aliphatic carbocycles. The minimum Gasteiger partial charge on any atom is -0.380 e. The van der Waals surface area contributed by atoms with Gasteiger partial charge in [0.2, 0.25) is 0 Å².